The zero-order valence-corrected chi connectivity index (χ0v) is 14.0. The number of benzene rings is 2. The van der Waals surface area contributed by atoms with Crippen LogP contribution in [0.2, 0.25) is 0 Å². The Hall–Kier alpha value is -2.66. The van der Waals surface area contributed by atoms with E-state index in [0.29, 0.717) is 5.56 Å². The number of furan rings is 1. The quantitative estimate of drug-likeness (QED) is 0.653. The van der Waals surface area contributed by atoms with Gasteiger partial charge in [-0.05, 0) is 42.7 Å². The van der Waals surface area contributed by atoms with Crippen LogP contribution in [0.5, 0.6) is 5.75 Å². The van der Waals surface area contributed by atoms with Gasteiger partial charge < -0.3 is 14.5 Å². The van der Waals surface area contributed by atoms with Crippen LogP contribution in [0.3, 0.4) is 0 Å². The lowest BCUT2D eigenvalue weighted by Crippen LogP contribution is -2.13. The van der Waals surface area contributed by atoms with Crippen LogP contribution >= 0.6 is 11.8 Å². The lowest BCUT2D eigenvalue weighted by atomic mass is 10.2. The van der Waals surface area contributed by atoms with Gasteiger partial charge in [0, 0.05) is 16.1 Å². The molecule has 1 N–H and O–H groups in total. The van der Waals surface area contributed by atoms with Crippen molar-refractivity contribution in [2.45, 2.75) is 11.5 Å². The molecule has 0 saturated heterocycles. The average molecular weight is 339 g/mol. The molecule has 5 heteroatoms. The number of carbonyl (C=O) groups excluding carboxylic acids is 1. The second-order valence-corrected chi connectivity index (χ2v) is 5.94. The number of nitrogens with one attached hydrogen (secondary N) is 1. The summed E-state index contributed by atoms with van der Waals surface area (Å²) in [5.74, 6) is 0.725. The fourth-order valence-corrected chi connectivity index (χ4v) is 2.67. The fraction of sp³-hybridized carbons (Fsp3) is 0.105. The molecule has 0 aliphatic rings. The van der Waals surface area contributed by atoms with Crippen LogP contribution < -0.4 is 10.1 Å². The van der Waals surface area contributed by atoms with E-state index in [9.17, 15) is 4.79 Å². The molecule has 2 aromatic carbocycles. The van der Waals surface area contributed by atoms with Gasteiger partial charge in [-0.15, -0.1) is 11.8 Å². The highest BCUT2D eigenvalue weighted by molar-refractivity contribution is 7.98. The van der Waals surface area contributed by atoms with Crippen molar-refractivity contribution >= 4 is 23.4 Å². The van der Waals surface area contributed by atoms with Crippen molar-refractivity contribution in [3.05, 3.63) is 78.3 Å². The van der Waals surface area contributed by atoms with E-state index in [0.717, 1.165) is 16.3 Å². The van der Waals surface area contributed by atoms with Crippen molar-refractivity contribution in [2.75, 3.05) is 11.6 Å². The van der Waals surface area contributed by atoms with E-state index < -0.39 is 0 Å². The molecular weight excluding hydrogens is 322 g/mol. The van der Waals surface area contributed by atoms with E-state index in [2.05, 4.69) is 5.32 Å². The molecule has 0 saturated carbocycles. The van der Waals surface area contributed by atoms with Gasteiger partial charge in [-0.25, -0.2) is 0 Å². The monoisotopic (exact) mass is 339 g/mol. The Morgan fingerprint density at radius 3 is 2.75 bits per heavy atom. The molecule has 0 atom stereocenters. The van der Waals surface area contributed by atoms with Crippen molar-refractivity contribution in [3.63, 3.8) is 0 Å². The maximum Gasteiger partial charge on any atom is 0.291 e. The summed E-state index contributed by atoms with van der Waals surface area (Å²) in [6.45, 7) is 0.272. The number of ether oxygens (including phenoxy) is 1. The van der Waals surface area contributed by atoms with Crippen molar-refractivity contribution < 1.29 is 13.9 Å². The number of para-hydroxylation sites is 1. The molecule has 1 aromatic heterocycles. The van der Waals surface area contributed by atoms with E-state index in [-0.39, 0.29) is 18.3 Å². The van der Waals surface area contributed by atoms with Crippen LogP contribution in [0.15, 0.2) is 76.2 Å². The van der Waals surface area contributed by atoms with Gasteiger partial charge in [0.15, 0.2) is 5.76 Å². The Balaban J connectivity index is 1.68. The molecule has 4 nitrogen and oxygen atoms in total. The van der Waals surface area contributed by atoms with Gasteiger partial charge in [0.25, 0.3) is 5.91 Å². The Kier molecular flexibility index (Phi) is 5.23. The second-order valence-electron chi connectivity index (χ2n) is 5.06. The first kappa shape index (κ1) is 16.2. The molecule has 0 aliphatic heterocycles. The van der Waals surface area contributed by atoms with Crippen molar-refractivity contribution in [1.29, 1.82) is 0 Å². The molecule has 24 heavy (non-hydrogen) atoms. The van der Waals surface area contributed by atoms with Gasteiger partial charge in [-0.2, -0.15) is 0 Å². The second kappa shape index (κ2) is 7.75. The summed E-state index contributed by atoms with van der Waals surface area (Å²) >= 11 is 1.62. The van der Waals surface area contributed by atoms with Gasteiger partial charge in [0.2, 0.25) is 0 Å². The number of amides is 1. The van der Waals surface area contributed by atoms with Crippen LogP contribution in [-0.4, -0.2) is 12.2 Å². The minimum absolute atomic E-state index is 0.264. The first-order chi connectivity index (χ1) is 11.8. The molecule has 3 aromatic rings. The zero-order chi connectivity index (χ0) is 16.8. The fourth-order valence-electron chi connectivity index (χ4n) is 2.22. The number of rotatable bonds is 6. The highest BCUT2D eigenvalue weighted by Crippen LogP contribution is 2.21. The van der Waals surface area contributed by atoms with E-state index in [1.54, 1.807) is 17.8 Å². The predicted molar refractivity (Wildman–Crippen MR) is 95.7 cm³/mol. The predicted octanol–water partition coefficient (Wildman–Crippen LogP) is 4.83. The molecule has 0 aliphatic carbocycles. The third kappa shape index (κ3) is 4.00. The molecule has 1 amide bonds. The standard InChI is InChI=1S/C19H17NO3S/c1-24-17-9-5-6-15(12-17)20-19(21)18-14(10-11-22-18)13-23-16-7-3-2-4-8-16/h2-12H,13H2,1H3,(H,20,21). The summed E-state index contributed by atoms with van der Waals surface area (Å²) in [5.41, 5.74) is 1.44. The summed E-state index contributed by atoms with van der Waals surface area (Å²) in [6.07, 6.45) is 3.49. The van der Waals surface area contributed by atoms with Gasteiger partial charge in [0.05, 0.1) is 6.26 Å². The third-order valence-electron chi connectivity index (χ3n) is 3.42. The first-order valence-electron chi connectivity index (χ1n) is 7.46. The number of hydrogen-bond donors (Lipinski definition) is 1. The van der Waals surface area contributed by atoms with E-state index >= 15 is 0 Å². The molecule has 0 unspecified atom stereocenters. The minimum Gasteiger partial charge on any atom is -0.489 e. The number of thioether (sulfide) groups is 1. The van der Waals surface area contributed by atoms with Crippen molar-refractivity contribution in [1.82, 2.24) is 0 Å². The summed E-state index contributed by atoms with van der Waals surface area (Å²) in [6, 6.07) is 18.9. The maximum atomic E-state index is 12.4. The van der Waals surface area contributed by atoms with Crippen molar-refractivity contribution in [2.24, 2.45) is 0 Å². The smallest absolute Gasteiger partial charge is 0.291 e. The molecule has 3 rings (SSSR count). The van der Waals surface area contributed by atoms with Gasteiger partial charge in [-0.3, -0.25) is 4.79 Å². The Labute approximate surface area is 144 Å². The molecule has 0 spiro atoms. The van der Waals surface area contributed by atoms with Crippen LogP contribution in [0.25, 0.3) is 0 Å². The highest BCUT2D eigenvalue weighted by Gasteiger charge is 2.16. The Morgan fingerprint density at radius 1 is 1.12 bits per heavy atom. The van der Waals surface area contributed by atoms with Crippen molar-refractivity contribution in [3.8, 4) is 5.75 Å². The average Bonchev–Trinajstić information content (AvgIpc) is 3.10. The summed E-state index contributed by atoms with van der Waals surface area (Å²) in [4.78, 5) is 13.5. The highest BCUT2D eigenvalue weighted by atomic mass is 32.2. The van der Waals surface area contributed by atoms with Gasteiger partial charge >= 0.3 is 0 Å². The number of carbonyl (C=O) groups is 1. The lowest BCUT2D eigenvalue weighted by Gasteiger charge is -2.08. The first-order valence-corrected chi connectivity index (χ1v) is 8.68. The molecule has 0 radical (unpaired) electrons. The maximum absolute atomic E-state index is 12.4. The van der Waals surface area contributed by atoms with Crippen LogP contribution in [0.1, 0.15) is 16.1 Å². The topological polar surface area (TPSA) is 51.5 Å². The summed E-state index contributed by atoms with van der Waals surface area (Å²) < 4.78 is 11.0. The molecule has 0 bridgehead atoms. The Morgan fingerprint density at radius 2 is 1.96 bits per heavy atom. The normalized spacial score (nSPS) is 10.4. The summed E-state index contributed by atoms with van der Waals surface area (Å²) in [5, 5.41) is 2.86. The number of hydrogen-bond acceptors (Lipinski definition) is 4. The molecule has 122 valence electrons. The zero-order valence-electron chi connectivity index (χ0n) is 13.2. The lowest BCUT2D eigenvalue weighted by molar-refractivity contribution is 0.0993. The van der Waals surface area contributed by atoms with Crippen LogP contribution in [0.4, 0.5) is 5.69 Å². The van der Waals surface area contributed by atoms with Crippen LogP contribution in [-0.2, 0) is 6.61 Å². The molecule has 1 heterocycles. The van der Waals surface area contributed by atoms with Gasteiger partial charge in [0.1, 0.15) is 12.4 Å². The van der Waals surface area contributed by atoms with Gasteiger partial charge in [-0.1, -0.05) is 24.3 Å². The SMILES string of the molecule is CSc1cccc(NC(=O)c2occc2COc2ccccc2)c1. The Bertz CT molecular complexity index is 814. The number of anilines is 1. The van der Waals surface area contributed by atoms with E-state index in [1.165, 1.54) is 6.26 Å². The third-order valence-corrected chi connectivity index (χ3v) is 4.14. The van der Waals surface area contributed by atoms with E-state index in [4.69, 9.17) is 9.15 Å². The van der Waals surface area contributed by atoms with Crippen LogP contribution in [0, 0.1) is 0 Å². The van der Waals surface area contributed by atoms with E-state index in [1.807, 2.05) is 60.9 Å². The molecular formula is C19H17NO3S. The summed E-state index contributed by atoms with van der Waals surface area (Å²) in [7, 11) is 0. The molecule has 0 fully saturated rings. The largest absolute Gasteiger partial charge is 0.489 e. The minimum atomic E-state index is -0.287.